The highest BCUT2D eigenvalue weighted by molar-refractivity contribution is 5.75. The van der Waals surface area contributed by atoms with Gasteiger partial charge < -0.3 is 23.8 Å². The maximum absolute atomic E-state index is 12.5. The number of rotatable bonds is 5. The van der Waals surface area contributed by atoms with E-state index in [0.29, 0.717) is 32.2 Å². The van der Waals surface area contributed by atoms with E-state index in [1.165, 1.54) is 41.5 Å². The van der Waals surface area contributed by atoms with Gasteiger partial charge in [0.15, 0.2) is 11.6 Å². The molecule has 2 aromatic carbocycles. The topological polar surface area (TPSA) is 89.8 Å². The molecule has 1 aromatic heterocycles. The molecule has 3 aliphatic rings. The molecule has 0 saturated heterocycles. The van der Waals surface area contributed by atoms with Crippen LogP contribution in [0.2, 0.25) is 0 Å². The second-order valence-electron chi connectivity index (χ2n) is 15.5. The predicted molar refractivity (Wildman–Crippen MR) is 194 cm³/mol. The summed E-state index contributed by atoms with van der Waals surface area (Å²) in [6, 6.07) is 17.6. The van der Waals surface area contributed by atoms with Crippen molar-refractivity contribution in [2.45, 2.75) is 104 Å². The van der Waals surface area contributed by atoms with Crippen molar-refractivity contribution in [2.75, 3.05) is 26.2 Å². The normalized spacial score (nSPS) is 17.8. The van der Waals surface area contributed by atoms with Gasteiger partial charge in [-0.05, 0) is 89.5 Å². The molecule has 3 aromatic rings. The monoisotopic (exact) mass is 665 g/mol. The Labute approximate surface area is 291 Å². The lowest BCUT2D eigenvalue weighted by Crippen LogP contribution is -2.39. The number of ether oxygens (including phenoxy) is 2. The van der Waals surface area contributed by atoms with Crippen LogP contribution in [0, 0.1) is 0 Å². The SMILES string of the molecule is CC(C)(C)OC(=O)N1CC=C(c2ccc(-c3nnc(-c4ccc(C5=CCN(C(=O)OC(C)(C)C)CC5)cc4)n3C3CCCCC3)cc2)CC1. The van der Waals surface area contributed by atoms with Gasteiger partial charge >= 0.3 is 12.2 Å². The smallest absolute Gasteiger partial charge is 0.410 e. The number of hydrogen-bond acceptors (Lipinski definition) is 6. The molecular formula is C40H51N5O4. The van der Waals surface area contributed by atoms with Crippen LogP contribution >= 0.6 is 0 Å². The van der Waals surface area contributed by atoms with Gasteiger partial charge in [0.25, 0.3) is 0 Å². The molecular weight excluding hydrogens is 614 g/mol. The Hall–Kier alpha value is -4.40. The van der Waals surface area contributed by atoms with Crippen molar-refractivity contribution >= 4 is 23.3 Å². The third kappa shape index (κ3) is 8.43. The van der Waals surface area contributed by atoms with Crippen molar-refractivity contribution < 1.29 is 19.1 Å². The van der Waals surface area contributed by atoms with Crippen LogP contribution in [-0.2, 0) is 9.47 Å². The first kappa shape index (κ1) is 34.5. The Bertz CT molecular complexity index is 1580. The van der Waals surface area contributed by atoms with E-state index in [1.54, 1.807) is 9.80 Å². The van der Waals surface area contributed by atoms with E-state index in [9.17, 15) is 9.59 Å². The number of amides is 2. The highest BCUT2D eigenvalue weighted by Crippen LogP contribution is 2.37. The number of hydrogen-bond donors (Lipinski definition) is 0. The average Bonchev–Trinajstić information content (AvgIpc) is 3.53. The van der Waals surface area contributed by atoms with Crippen LogP contribution in [0.15, 0.2) is 60.7 Å². The molecule has 0 unspecified atom stereocenters. The van der Waals surface area contributed by atoms with Crippen LogP contribution < -0.4 is 0 Å². The van der Waals surface area contributed by atoms with Gasteiger partial charge in [-0.3, -0.25) is 0 Å². The number of nitrogens with zero attached hydrogens (tertiary/aromatic N) is 5. The molecule has 9 heteroatoms. The standard InChI is InChI=1S/C40H51N5O4/c1-39(2,3)48-37(46)43-24-20-30(21-25-43)28-12-16-32(17-13-28)35-41-42-36(45(35)34-10-8-7-9-11-34)33-18-14-29(15-19-33)31-22-26-44(27-23-31)38(47)49-40(4,5)6/h12-20,22,34H,7-11,21,23-27H2,1-6H3. The van der Waals surface area contributed by atoms with Crippen molar-refractivity contribution in [2.24, 2.45) is 0 Å². The molecule has 6 rings (SSSR count). The minimum Gasteiger partial charge on any atom is -0.444 e. The zero-order valence-corrected chi connectivity index (χ0v) is 30.0. The van der Waals surface area contributed by atoms with Gasteiger partial charge in [0.2, 0.25) is 0 Å². The van der Waals surface area contributed by atoms with Gasteiger partial charge in [-0.25, -0.2) is 9.59 Å². The van der Waals surface area contributed by atoms with Crippen molar-refractivity contribution in [1.82, 2.24) is 24.6 Å². The molecule has 9 nitrogen and oxygen atoms in total. The molecule has 3 heterocycles. The number of carbonyl (C=O) groups is 2. The molecule has 2 amide bonds. The highest BCUT2D eigenvalue weighted by Gasteiger charge is 2.27. The van der Waals surface area contributed by atoms with Crippen LogP contribution in [0.4, 0.5) is 9.59 Å². The summed E-state index contributed by atoms with van der Waals surface area (Å²) in [7, 11) is 0. The van der Waals surface area contributed by atoms with E-state index in [0.717, 1.165) is 48.5 Å². The molecule has 1 saturated carbocycles. The van der Waals surface area contributed by atoms with Crippen molar-refractivity contribution in [3.05, 3.63) is 71.8 Å². The van der Waals surface area contributed by atoms with Crippen molar-refractivity contribution in [3.63, 3.8) is 0 Å². The first-order valence-corrected chi connectivity index (χ1v) is 17.8. The first-order chi connectivity index (χ1) is 23.3. The maximum Gasteiger partial charge on any atom is 0.410 e. The lowest BCUT2D eigenvalue weighted by atomic mass is 9.94. The van der Waals surface area contributed by atoms with E-state index in [1.807, 2.05) is 41.5 Å². The first-order valence-electron chi connectivity index (χ1n) is 17.8. The van der Waals surface area contributed by atoms with Gasteiger partial charge in [-0.2, -0.15) is 0 Å². The molecule has 0 atom stereocenters. The fraction of sp³-hybridized carbons (Fsp3) is 0.500. The lowest BCUT2D eigenvalue weighted by molar-refractivity contribution is 0.0260. The summed E-state index contributed by atoms with van der Waals surface area (Å²) in [4.78, 5) is 28.6. The Morgan fingerprint density at radius 3 is 1.35 bits per heavy atom. The Morgan fingerprint density at radius 1 is 0.612 bits per heavy atom. The lowest BCUT2D eigenvalue weighted by Gasteiger charge is -2.29. The zero-order valence-electron chi connectivity index (χ0n) is 30.0. The van der Waals surface area contributed by atoms with Crippen molar-refractivity contribution in [1.29, 1.82) is 0 Å². The molecule has 1 aliphatic carbocycles. The Balaban J connectivity index is 1.19. The predicted octanol–water partition coefficient (Wildman–Crippen LogP) is 9.17. The van der Waals surface area contributed by atoms with Gasteiger partial charge in [-0.15, -0.1) is 10.2 Å². The molecule has 49 heavy (non-hydrogen) atoms. The van der Waals surface area contributed by atoms with Crippen LogP contribution in [0.3, 0.4) is 0 Å². The summed E-state index contributed by atoms with van der Waals surface area (Å²) in [5.74, 6) is 1.81. The molecule has 260 valence electrons. The Kier molecular flexibility index (Phi) is 10.00. The van der Waals surface area contributed by atoms with Crippen LogP contribution in [0.1, 0.15) is 104 Å². The molecule has 1 fully saturated rings. The Morgan fingerprint density at radius 2 is 1.00 bits per heavy atom. The van der Waals surface area contributed by atoms with Crippen molar-refractivity contribution in [3.8, 4) is 22.8 Å². The van der Waals surface area contributed by atoms with Crippen LogP contribution in [-0.4, -0.2) is 74.1 Å². The summed E-state index contributed by atoms with van der Waals surface area (Å²) in [5.41, 5.74) is 5.92. The number of carbonyl (C=O) groups excluding carboxylic acids is 2. The molecule has 0 radical (unpaired) electrons. The summed E-state index contributed by atoms with van der Waals surface area (Å²) in [5, 5.41) is 9.56. The van der Waals surface area contributed by atoms with E-state index >= 15 is 0 Å². The summed E-state index contributed by atoms with van der Waals surface area (Å²) < 4.78 is 13.5. The highest BCUT2D eigenvalue weighted by atomic mass is 16.6. The molecule has 2 aliphatic heterocycles. The average molecular weight is 666 g/mol. The second kappa shape index (κ2) is 14.2. The summed E-state index contributed by atoms with van der Waals surface area (Å²) in [6.45, 7) is 13.7. The van der Waals surface area contributed by atoms with Crippen LogP contribution in [0.25, 0.3) is 33.9 Å². The largest absolute Gasteiger partial charge is 0.444 e. The van der Waals surface area contributed by atoms with Gasteiger partial charge in [0.05, 0.1) is 0 Å². The van der Waals surface area contributed by atoms with Gasteiger partial charge in [-0.1, -0.05) is 79.9 Å². The van der Waals surface area contributed by atoms with Gasteiger partial charge in [0, 0.05) is 43.3 Å². The van der Waals surface area contributed by atoms with E-state index in [-0.39, 0.29) is 12.2 Å². The zero-order chi connectivity index (χ0) is 34.8. The maximum atomic E-state index is 12.5. The quantitative estimate of drug-likeness (QED) is 0.270. The molecule has 0 N–H and O–H groups in total. The minimum atomic E-state index is -0.500. The molecule has 0 bridgehead atoms. The summed E-state index contributed by atoms with van der Waals surface area (Å²) >= 11 is 0. The second-order valence-corrected chi connectivity index (χ2v) is 15.5. The molecule has 0 spiro atoms. The number of benzene rings is 2. The third-order valence-corrected chi connectivity index (χ3v) is 9.39. The van der Waals surface area contributed by atoms with Crippen LogP contribution in [0.5, 0.6) is 0 Å². The van der Waals surface area contributed by atoms with E-state index < -0.39 is 11.2 Å². The van der Waals surface area contributed by atoms with Gasteiger partial charge in [0.1, 0.15) is 11.2 Å². The third-order valence-electron chi connectivity index (χ3n) is 9.39. The fourth-order valence-corrected chi connectivity index (χ4v) is 6.88. The summed E-state index contributed by atoms with van der Waals surface area (Å²) in [6.07, 6.45) is 11.3. The fourth-order valence-electron chi connectivity index (χ4n) is 6.88. The minimum absolute atomic E-state index is 0.261. The number of aromatic nitrogens is 3. The van der Waals surface area contributed by atoms with E-state index in [4.69, 9.17) is 19.7 Å². The van der Waals surface area contributed by atoms with E-state index in [2.05, 4.69) is 65.3 Å².